The van der Waals surface area contributed by atoms with Gasteiger partial charge in [-0.05, 0) is 44.2 Å². The van der Waals surface area contributed by atoms with Crippen molar-refractivity contribution in [1.29, 1.82) is 0 Å². The van der Waals surface area contributed by atoms with Gasteiger partial charge >= 0.3 is 0 Å². The molecule has 1 aliphatic heterocycles. The van der Waals surface area contributed by atoms with Crippen LogP contribution in [0.25, 0.3) is 0 Å². The highest BCUT2D eigenvalue weighted by molar-refractivity contribution is 7.09. The fraction of sp³-hybridized carbons (Fsp3) is 0.565. The Labute approximate surface area is 184 Å². The van der Waals surface area contributed by atoms with Crippen molar-refractivity contribution in [3.63, 3.8) is 0 Å². The van der Waals surface area contributed by atoms with Gasteiger partial charge < -0.3 is 15.4 Å². The summed E-state index contributed by atoms with van der Waals surface area (Å²) in [6.07, 6.45) is 3.31. The second kappa shape index (κ2) is 12.7. The van der Waals surface area contributed by atoms with Gasteiger partial charge in [-0.2, -0.15) is 0 Å². The molecule has 2 heterocycles. The standard InChI is InChI=1S/C23H35N5OS/c1-3-24-23(25-11-7-6-10-22-27-19(2)18-30-22)26-16-20-8-4-5-9-21(20)17-28-12-14-29-15-13-28/h4-5,8-9,18H,3,6-7,10-17H2,1-2H3,(H2,24,25,26). The predicted molar refractivity (Wildman–Crippen MR) is 125 cm³/mol. The zero-order valence-electron chi connectivity index (χ0n) is 18.3. The van der Waals surface area contributed by atoms with Gasteiger partial charge in [-0.15, -0.1) is 11.3 Å². The number of morpholine rings is 1. The van der Waals surface area contributed by atoms with Crippen LogP contribution >= 0.6 is 11.3 Å². The molecule has 0 atom stereocenters. The van der Waals surface area contributed by atoms with E-state index in [0.717, 1.165) is 76.9 Å². The molecule has 1 saturated heterocycles. The molecule has 0 aliphatic carbocycles. The quantitative estimate of drug-likeness (QED) is 0.344. The monoisotopic (exact) mass is 429 g/mol. The summed E-state index contributed by atoms with van der Waals surface area (Å²) >= 11 is 1.76. The van der Waals surface area contributed by atoms with E-state index in [1.807, 2.05) is 0 Å². The highest BCUT2D eigenvalue weighted by Crippen LogP contribution is 2.14. The van der Waals surface area contributed by atoms with Crippen molar-refractivity contribution in [3.8, 4) is 0 Å². The molecular weight excluding hydrogens is 394 g/mol. The SMILES string of the molecule is CCNC(=NCc1ccccc1CN1CCOCC1)NCCCCc1nc(C)cs1. The number of hydrogen-bond donors (Lipinski definition) is 2. The molecule has 1 aromatic heterocycles. The number of ether oxygens (including phenoxy) is 1. The second-order valence-electron chi connectivity index (χ2n) is 7.62. The number of nitrogens with zero attached hydrogens (tertiary/aromatic N) is 3. The molecule has 0 spiro atoms. The van der Waals surface area contributed by atoms with Crippen LogP contribution in [0.5, 0.6) is 0 Å². The van der Waals surface area contributed by atoms with Gasteiger partial charge in [-0.25, -0.2) is 9.98 Å². The number of unbranched alkanes of at least 4 members (excludes halogenated alkanes) is 1. The average Bonchev–Trinajstić information content (AvgIpc) is 3.18. The highest BCUT2D eigenvalue weighted by Gasteiger charge is 2.12. The molecule has 3 rings (SSSR count). The number of guanidine groups is 1. The Bertz CT molecular complexity index is 785. The molecule has 2 aromatic rings. The number of nitrogens with one attached hydrogen (secondary N) is 2. The lowest BCUT2D eigenvalue weighted by molar-refractivity contribution is 0.0341. The summed E-state index contributed by atoms with van der Waals surface area (Å²) in [7, 11) is 0. The minimum Gasteiger partial charge on any atom is -0.379 e. The molecule has 1 aliphatic rings. The lowest BCUT2D eigenvalue weighted by Gasteiger charge is -2.27. The van der Waals surface area contributed by atoms with Crippen molar-refractivity contribution in [2.75, 3.05) is 39.4 Å². The van der Waals surface area contributed by atoms with Crippen molar-refractivity contribution in [2.45, 2.75) is 46.2 Å². The van der Waals surface area contributed by atoms with Crippen molar-refractivity contribution >= 4 is 17.3 Å². The van der Waals surface area contributed by atoms with Crippen LogP contribution in [0.4, 0.5) is 0 Å². The van der Waals surface area contributed by atoms with Gasteiger partial charge in [0.2, 0.25) is 0 Å². The number of aliphatic imine (C=N–C) groups is 1. The van der Waals surface area contributed by atoms with Crippen LogP contribution in [0.1, 0.15) is 41.6 Å². The third-order valence-electron chi connectivity index (χ3n) is 5.14. The first-order valence-corrected chi connectivity index (χ1v) is 11.9. The summed E-state index contributed by atoms with van der Waals surface area (Å²) in [6, 6.07) is 8.64. The lowest BCUT2D eigenvalue weighted by Crippen LogP contribution is -2.38. The zero-order chi connectivity index (χ0) is 21.0. The van der Waals surface area contributed by atoms with E-state index in [1.165, 1.54) is 16.1 Å². The number of aromatic nitrogens is 1. The van der Waals surface area contributed by atoms with Gasteiger partial charge in [-0.1, -0.05) is 24.3 Å². The molecular formula is C23H35N5OS. The van der Waals surface area contributed by atoms with E-state index in [2.05, 4.69) is 64.0 Å². The lowest BCUT2D eigenvalue weighted by atomic mass is 10.1. The van der Waals surface area contributed by atoms with Crippen LogP contribution in [0.3, 0.4) is 0 Å². The van der Waals surface area contributed by atoms with Gasteiger partial charge in [0.15, 0.2) is 5.96 Å². The Balaban J connectivity index is 1.47. The van der Waals surface area contributed by atoms with E-state index in [0.29, 0.717) is 6.54 Å². The summed E-state index contributed by atoms with van der Waals surface area (Å²) in [5, 5.41) is 10.2. The topological polar surface area (TPSA) is 61.8 Å². The first-order chi connectivity index (χ1) is 14.7. The van der Waals surface area contributed by atoms with Crippen LogP contribution in [0.15, 0.2) is 34.6 Å². The molecule has 1 fully saturated rings. The van der Waals surface area contributed by atoms with Crippen molar-refractivity contribution in [1.82, 2.24) is 20.5 Å². The van der Waals surface area contributed by atoms with E-state index in [4.69, 9.17) is 9.73 Å². The van der Waals surface area contributed by atoms with Crippen LogP contribution in [0.2, 0.25) is 0 Å². The largest absolute Gasteiger partial charge is 0.379 e. The van der Waals surface area contributed by atoms with E-state index in [1.54, 1.807) is 11.3 Å². The molecule has 30 heavy (non-hydrogen) atoms. The van der Waals surface area contributed by atoms with E-state index in [9.17, 15) is 0 Å². The maximum Gasteiger partial charge on any atom is 0.191 e. The molecule has 0 saturated carbocycles. The van der Waals surface area contributed by atoms with Crippen molar-refractivity contribution < 1.29 is 4.74 Å². The summed E-state index contributed by atoms with van der Waals surface area (Å²) in [5.74, 6) is 0.892. The van der Waals surface area contributed by atoms with Gasteiger partial charge in [0.1, 0.15) is 0 Å². The fourth-order valence-electron chi connectivity index (χ4n) is 3.50. The minimum atomic E-state index is 0.689. The van der Waals surface area contributed by atoms with Crippen molar-refractivity contribution in [3.05, 3.63) is 51.5 Å². The van der Waals surface area contributed by atoms with Crippen LogP contribution in [-0.4, -0.2) is 55.2 Å². The first-order valence-electron chi connectivity index (χ1n) is 11.0. The molecule has 0 bridgehead atoms. The summed E-state index contributed by atoms with van der Waals surface area (Å²) in [6.45, 7) is 11.3. The fourth-order valence-corrected chi connectivity index (χ4v) is 4.32. The predicted octanol–water partition coefficient (Wildman–Crippen LogP) is 3.36. The Morgan fingerprint density at radius 1 is 1.17 bits per heavy atom. The molecule has 164 valence electrons. The molecule has 0 radical (unpaired) electrons. The Hall–Kier alpha value is -1.96. The van der Waals surface area contributed by atoms with E-state index in [-0.39, 0.29) is 0 Å². The Morgan fingerprint density at radius 2 is 1.97 bits per heavy atom. The number of rotatable bonds is 10. The van der Waals surface area contributed by atoms with Crippen molar-refractivity contribution in [2.24, 2.45) is 4.99 Å². The zero-order valence-corrected chi connectivity index (χ0v) is 19.1. The average molecular weight is 430 g/mol. The maximum absolute atomic E-state index is 5.47. The molecule has 6 nitrogen and oxygen atoms in total. The van der Waals surface area contributed by atoms with Gasteiger partial charge in [0, 0.05) is 43.8 Å². The number of thiazole rings is 1. The number of hydrogen-bond acceptors (Lipinski definition) is 5. The van der Waals surface area contributed by atoms with Crippen LogP contribution in [0, 0.1) is 6.92 Å². The Kier molecular flexibility index (Phi) is 9.60. The molecule has 2 N–H and O–H groups in total. The normalized spacial score (nSPS) is 15.3. The number of aryl methyl sites for hydroxylation is 2. The summed E-state index contributed by atoms with van der Waals surface area (Å²) in [5.41, 5.74) is 3.78. The van der Waals surface area contributed by atoms with Gasteiger partial charge in [-0.3, -0.25) is 4.90 Å². The smallest absolute Gasteiger partial charge is 0.191 e. The number of benzene rings is 1. The second-order valence-corrected chi connectivity index (χ2v) is 8.56. The first kappa shape index (κ1) is 22.7. The van der Waals surface area contributed by atoms with Crippen LogP contribution < -0.4 is 10.6 Å². The molecule has 0 amide bonds. The summed E-state index contributed by atoms with van der Waals surface area (Å²) < 4.78 is 5.47. The highest BCUT2D eigenvalue weighted by atomic mass is 32.1. The molecule has 0 unspecified atom stereocenters. The van der Waals surface area contributed by atoms with Crippen LogP contribution in [-0.2, 0) is 24.2 Å². The van der Waals surface area contributed by atoms with Gasteiger partial charge in [0.25, 0.3) is 0 Å². The Morgan fingerprint density at radius 3 is 2.70 bits per heavy atom. The third-order valence-corrected chi connectivity index (χ3v) is 6.17. The minimum absolute atomic E-state index is 0.689. The van der Waals surface area contributed by atoms with E-state index < -0.39 is 0 Å². The molecule has 1 aromatic carbocycles. The third kappa shape index (κ3) is 7.70. The molecule has 7 heteroatoms. The van der Waals surface area contributed by atoms with Gasteiger partial charge in [0.05, 0.1) is 24.8 Å². The maximum atomic E-state index is 5.47. The van der Waals surface area contributed by atoms with E-state index >= 15 is 0 Å². The summed E-state index contributed by atoms with van der Waals surface area (Å²) in [4.78, 5) is 11.8.